The summed E-state index contributed by atoms with van der Waals surface area (Å²) in [6, 6.07) is 5.41. The minimum absolute atomic E-state index is 0.0916. The number of nitrogens with zero attached hydrogens (tertiary/aromatic N) is 2. The normalized spacial score (nSPS) is 11.5. The van der Waals surface area contributed by atoms with Gasteiger partial charge >= 0.3 is 0 Å². The highest BCUT2D eigenvalue weighted by Crippen LogP contribution is 2.27. The molecule has 0 spiro atoms. The van der Waals surface area contributed by atoms with Gasteiger partial charge in [0.25, 0.3) is 0 Å². The monoisotopic (exact) mass is 347 g/mol. The smallest absolute Gasteiger partial charge is 0.229 e. The number of nitrogen functional groups attached to an aromatic ring is 1. The van der Waals surface area contributed by atoms with Crippen LogP contribution in [-0.4, -0.2) is 24.2 Å². The lowest BCUT2D eigenvalue weighted by Gasteiger charge is -2.19. The highest BCUT2D eigenvalue weighted by molar-refractivity contribution is 7.14. The lowest BCUT2D eigenvalue weighted by Crippen LogP contribution is -2.28. The highest BCUT2D eigenvalue weighted by Gasteiger charge is 2.22. The molecule has 0 saturated carbocycles. The zero-order valence-corrected chi connectivity index (χ0v) is 14.9. The van der Waals surface area contributed by atoms with Crippen LogP contribution in [0.15, 0.2) is 28.7 Å². The molecule has 1 amide bonds. The van der Waals surface area contributed by atoms with Crippen molar-refractivity contribution in [3.8, 4) is 5.75 Å². The van der Waals surface area contributed by atoms with Crippen molar-refractivity contribution in [1.29, 1.82) is 0 Å². The molecule has 1 aromatic heterocycles. The zero-order chi connectivity index (χ0) is 17.7. The molecule has 4 N–H and O–H groups in total. The first-order valence-electron chi connectivity index (χ1n) is 7.30. The number of ether oxygens (including phenoxy) is 1. The molecule has 0 saturated heterocycles. The number of hydrogen-bond acceptors (Lipinski definition) is 7. The third-order valence-corrected chi connectivity index (χ3v) is 3.86. The van der Waals surface area contributed by atoms with Crippen molar-refractivity contribution in [3.05, 3.63) is 29.1 Å². The maximum atomic E-state index is 12.2. The predicted molar refractivity (Wildman–Crippen MR) is 98.8 cm³/mol. The molecule has 0 aliphatic heterocycles. The molecule has 0 aliphatic rings. The van der Waals surface area contributed by atoms with E-state index in [4.69, 9.17) is 10.5 Å². The summed E-state index contributed by atoms with van der Waals surface area (Å²) in [5.41, 5.74) is 9.15. The molecule has 0 atom stereocenters. The Bertz CT molecular complexity index is 749. The third kappa shape index (κ3) is 4.45. The Balaban J connectivity index is 2.24. The van der Waals surface area contributed by atoms with Crippen molar-refractivity contribution in [3.63, 3.8) is 0 Å². The second-order valence-corrected chi connectivity index (χ2v) is 6.93. The SMILES string of the molecule is COc1cccc(NC(=O)C(C)(C)C)c1C=NNc1nc(N)cs1. The number of benzene rings is 1. The van der Waals surface area contributed by atoms with E-state index in [1.807, 2.05) is 26.8 Å². The highest BCUT2D eigenvalue weighted by atomic mass is 32.1. The summed E-state index contributed by atoms with van der Waals surface area (Å²) in [5.74, 6) is 0.949. The summed E-state index contributed by atoms with van der Waals surface area (Å²) in [6.07, 6.45) is 1.58. The van der Waals surface area contributed by atoms with Crippen LogP contribution in [0.5, 0.6) is 5.75 Å². The molecule has 0 fully saturated rings. The van der Waals surface area contributed by atoms with Crippen LogP contribution in [-0.2, 0) is 4.79 Å². The zero-order valence-electron chi connectivity index (χ0n) is 14.1. The molecular weight excluding hydrogens is 326 g/mol. The van der Waals surface area contributed by atoms with Crippen LogP contribution >= 0.6 is 11.3 Å². The first-order valence-corrected chi connectivity index (χ1v) is 8.18. The minimum Gasteiger partial charge on any atom is -0.496 e. The fourth-order valence-corrected chi connectivity index (χ4v) is 2.31. The van der Waals surface area contributed by atoms with E-state index in [2.05, 4.69) is 20.8 Å². The molecule has 1 heterocycles. The van der Waals surface area contributed by atoms with Crippen LogP contribution in [0.3, 0.4) is 0 Å². The number of nitrogens with two attached hydrogens (primary N) is 1. The predicted octanol–water partition coefficient (Wildman–Crippen LogP) is 3.16. The Morgan fingerprint density at radius 1 is 1.42 bits per heavy atom. The van der Waals surface area contributed by atoms with Gasteiger partial charge in [0.15, 0.2) is 0 Å². The van der Waals surface area contributed by atoms with Crippen molar-refractivity contribution >= 4 is 40.1 Å². The summed E-state index contributed by atoms with van der Waals surface area (Å²) in [5, 5.41) is 9.36. The number of amides is 1. The van der Waals surface area contributed by atoms with E-state index in [-0.39, 0.29) is 5.91 Å². The Morgan fingerprint density at radius 2 is 2.17 bits per heavy atom. The van der Waals surface area contributed by atoms with E-state index >= 15 is 0 Å². The number of rotatable bonds is 5. The van der Waals surface area contributed by atoms with E-state index in [0.29, 0.717) is 27.9 Å². The number of nitrogens with one attached hydrogen (secondary N) is 2. The van der Waals surface area contributed by atoms with Crippen LogP contribution in [0.1, 0.15) is 26.3 Å². The maximum absolute atomic E-state index is 12.2. The molecule has 8 heteroatoms. The quantitative estimate of drug-likeness (QED) is 0.569. The van der Waals surface area contributed by atoms with Crippen molar-refractivity contribution < 1.29 is 9.53 Å². The van der Waals surface area contributed by atoms with Crippen molar-refractivity contribution in [2.45, 2.75) is 20.8 Å². The average molecular weight is 347 g/mol. The Morgan fingerprint density at radius 3 is 2.75 bits per heavy atom. The number of aromatic nitrogens is 1. The second-order valence-electron chi connectivity index (χ2n) is 6.07. The summed E-state index contributed by atoms with van der Waals surface area (Å²) in [4.78, 5) is 16.3. The van der Waals surface area contributed by atoms with Gasteiger partial charge in [0, 0.05) is 10.8 Å². The van der Waals surface area contributed by atoms with Crippen LogP contribution in [0.2, 0.25) is 0 Å². The van der Waals surface area contributed by atoms with Gasteiger partial charge in [0.1, 0.15) is 11.6 Å². The molecule has 0 radical (unpaired) electrons. The van der Waals surface area contributed by atoms with Gasteiger partial charge < -0.3 is 15.8 Å². The number of carbonyl (C=O) groups is 1. The van der Waals surface area contributed by atoms with Gasteiger partial charge in [-0.25, -0.2) is 4.98 Å². The fraction of sp³-hybridized carbons (Fsp3) is 0.312. The topological polar surface area (TPSA) is 102 Å². The van der Waals surface area contributed by atoms with Gasteiger partial charge in [-0.05, 0) is 12.1 Å². The van der Waals surface area contributed by atoms with Gasteiger partial charge in [-0.3, -0.25) is 10.2 Å². The van der Waals surface area contributed by atoms with Crippen molar-refractivity contribution in [1.82, 2.24) is 4.98 Å². The molecule has 128 valence electrons. The first-order chi connectivity index (χ1) is 11.3. The molecule has 2 rings (SSSR count). The standard InChI is InChI=1S/C16H21N5O2S/c1-16(2,3)14(22)19-11-6-5-7-12(23-4)10(11)8-18-21-15-20-13(17)9-24-15/h5-9H,17H2,1-4H3,(H,19,22)(H,20,21). The molecule has 0 unspecified atom stereocenters. The van der Waals surface area contributed by atoms with Crippen LogP contribution in [0.25, 0.3) is 0 Å². The fourth-order valence-electron chi connectivity index (χ4n) is 1.76. The Labute approximate surface area is 144 Å². The summed E-state index contributed by atoms with van der Waals surface area (Å²) in [7, 11) is 1.57. The number of anilines is 3. The average Bonchev–Trinajstić information content (AvgIpc) is 2.93. The molecule has 0 bridgehead atoms. The number of hydrogen-bond donors (Lipinski definition) is 3. The minimum atomic E-state index is -0.506. The molecule has 0 aliphatic carbocycles. The lowest BCUT2D eigenvalue weighted by molar-refractivity contribution is -0.123. The number of methoxy groups -OCH3 is 1. The van der Waals surface area contributed by atoms with E-state index < -0.39 is 5.41 Å². The number of carbonyl (C=O) groups excluding carboxylic acids is 1. The molecular formula is C16H21N5O2S. The van der Waals surface area contributed by atoms with Crippen LogP contribution in [0.4, 0.5) is 16.6 Å². The Hall–Kier alpha value is -2.61. The first kappa shape index (κ1) is 17.7. The van der Waals surface area contributed by atoms with E-state index in [9.17, 15) is 4.79 Å². The molecule has 2 aromatic rings. The van der Waals surface area contributed by atoms with Gasteiger partial charge in [-0.15, -0.1) is 11.3 Å². The molecule has 7 nitrogen and oxygen atoms in total. The van der Waals surface area contributed by atoms with E-state index in [1.54, 1.807) is 30.8 Å². The second kappa shape index (κ2) is 7.31. The number of thiazole rings is 1. The van der Waals surface area contributed by atoms with Gasteiger partial charge in [-0.2, -0.15) is 5.10 Å². The van der Waals surface area contributed by atoms with E-state index in [0.717, 1.165) is 0 Å². The van der Waals surface area contributed by atoms with Crippen molar-refractivity contribution in [2.75, 3.05) is 23.6 Å². The van der Waals surface area contributed by atoms with Crippen LogP contribution in [0, 0.1) is 5.41 Å². The van der Waals surface area contributed by atoms with Gasteiger partial charge in [0.05, 0.1) is 24.6 Å². The number of hydrazone groups is 1. The summed E-state index contributed by atoms with van der Waals surface area (Å²) < 4.78 is 5.36. The summed E-state index contributed by atoms with van der Waals surface area (Å²) in [6.45, 7) is 5.56. The molecule has 24 heavy (non-hydrogen) atoms. The summed E-state index contributed by atoms with van der Waals surface area (Å²) >= 11 is 1.35. The lowest BCUT2D eigenvalue weighted by atomic mass is 9.95. The van der Waals surface area contributed by atoms with Crippen molar-refractivity contribution in [2.24, 2.45) is 10.5 Å². The largest absolute Gasteiger partial charge is 0.496 e. The van der Waals surface area contributed by atoms with E-state index in [1.165, 1.54) is 11.3 Å². The molecule has 1 aromatic carbocycles. The van der Waals surface area contributed by atoms with Crippen LogP contribution < -0.4 is 21.2 Å². The maximum Gasteiger partial charge on any atom is 0.229 e. The van der Waals surface area contributed by atoms with Gasteiger partial charge in [-0.1, -0.05) is 26.8 Å². The van der Waals surface area contributed by atoms with Gasteiger partial charge in [0.2, 0.25) is 11.0 Å². The Kier molecular flexibility index (Phi) is 5.40. The third-order valence-electron chi connectivity index (χ3n) is 3.09.